The number of carbonyl (C=O) groups is 1. The van der Waals surface area contributed by atoms with Gasteiger partial charge in [0.15, 0.2) is 0 Å². The number of nitrogens with one attached hydrogen (secondary N) is 1. The van der Waals surface area contributed by atoms with Crippen LogP contribution in [0.1, 0.15) is 6.92 Å². The second kappa shape index (κ2) is 6.23. The maximum absolute atomic E-state index is 11.1. The van der Waals surface area contributed by atoms with E-state index in [9.17, 15) is 4.79 Å². The van der Waals surface area contributed by atoms with Crippen molar-refractivity contribution in [2.75, 3.05) is 25.6 Å². The highest BCUT2D eigenvalue weighted by Gasteiger charge is 2.04. The second-order valence-corrected chi connectivity index (χ2v) is 3.42. The Morgan fingerprint density at radius 3 is 2.88 bits per heavy atom. The van der Waals surface area contributed by atoms with Gasteiger partial charge in [-0.2, -0.15) is 0 Å². The molecule has 5 heteroatoms. The highest BCUT2D eigenvalue weighted by atomic mass is 35.5. The summed E-state index contributed by atoms with van der Waals surface area (Å²) in [6.45, 7) is 2.27. The van der Waals surface area contributed by atoms with Gasteiger partial charge in [-0.1, -0.05) is 11.6 Å². The molecule has 1 rings (SSSR count). The predicted octanol–water partition coefficient (Wildman–Crippen LogP) is 2.32. The Bertz CT molecular complexity index is 368. The molecule has 1 aromatic carbocycles. The lowest BCUT2D eigenvalue weighted by molar-refractivity contribution is -0.140. The van der Waals surface area contributed by atoms with Crippen LogP contribution < -0.4 is 10.1 Å². The van der Waals surface area contributed by atoms with Crippen molar-refractivity contribution in [2.24, 2.45) is 0 Å². The Balaban J connectivity index is 2.57. The summed E-state index contributed by atoms with van der Waals surface area (Å²) in [5, 5.41) is 3.45. The van der Waals surface area contributed by atoms with E-state index in [1.54, 1.807) is 25.1 Å². The van der Waals surface area contributed by atoms with E-state index in [4.69, 9.17) is 21.1 Å². The molecule has 0 heterocycles. The van der Waals surface area contributed by atoms with Crippen LogP contribution in [0.3, 0.4) is 0 Å². The number of benzene rings is 1. The topological polar surface area (TPSA) is 47.6 Å². The van der Waals surface area contributed by atoms with Crippen molar-refractivity contribution in [1.29, 1.82) is 0 Å². The first-order valence-corrected chi connectivity index (χ1v) is 5.28. The van der Waals surface area contributed by atoms with Crippen molar-refractivity contribution in [3.63, 3.8) is 0 Å². The minimum atomic E-state index is -0.295. The molecule has 0 amide bonds. The summed E-state index contributed by atoms with van der Waals surface area (Å²) in [6, 6.07) is 5.19. The quantitative estimate of drug-likeness (QED) is 0.807. The Morgan fingerprint density at radius 1 is 1.50 bits per heavy atom. The highest BCUT2D eigenvalue weighted by molar-refractivity contribution is 6.32. The third-order valence-corrected chi connectivity index (χ3v) is 2.21. The number of methoxy groups -OCH3 is 1. The van der Waals surface area contributed by atoms with Gasteiger partial charge in [0, 0.05) is 11.8 Å². The average molecular weight is 244 g/mol. The maximum Gasteiger partial charge on any atom is 0.325 e. The van der Waals surface area contributed by atoms with E-state index >= 15 is 0 Å². The fourth-order valence-corrected chi connectivity index (χ4v) is 1.35. The van der Waals surface area contributed by atoms with Gasteiger partial charge in [0.05, 0.1) is 18.7 Å². The fraction of sp³-hybridized carbons (Fsp3) is 0.364. The van der Waals surface area contributed by atoms with Crippen molar-refractivity contribution in [3.8, 4) is 5.75 Å². The van der Waals surface area contributed by atoms with Gasteiger partial charge in [-0.05, 0) is 19.1 Å². The van der Waals surface area contributed by atoms with E-state index in [0.717, 1.165) is 5.69 Å². The molecule has 1 N–H and O–H groups in total. The van der Waals surface area contributed by atoms with Crippen LogP contribution >= 0.6 is 11.6 Å². The lowest BCUT2D eigenvalue weighted by Crippen LogP contribution is -2.16. The van der Waals surface area contributed by atoms with Crippen LogP contribution in [0.25, 0.3) is 0 Å². The number of rotatable bonds is 5. The number of esters is 1. The average Bonchev–Trinajstić information content (AvgIpc) is 2.28. The van der Waals surface area contributed by atoms with Crippen LogP contribution in [0.5, 0.6) is 5.75 Å². The first-order valence-electron chi connectivity index (χ1n) is 4.90. The SMILES string of the molecule is CCOC(=O)CNc1ccc(Cl)c(OC)c1. The van der Waals surface area contributed by atoms with Crippen LogP contribution in [-0.4, -0.2) is 26.2 Å². The van der Waals surface area contributed by atoms with E-state index < -0.39 is 0 Å². The van der Waals surface area contributed by atoms with Gasteiger partial charge >= 0.3 is 5.97 Å². The lowest BCUT2D eigenvalue weighted by Gasteiger charge is -2.08. The smallest absolute Gasteiger partial charge is 0.325 e. The monoisotopic (exact) mass is 243 g/mol. The molecule has 0 bridgehead atoms. The van der Waals surface area contributed by atoms with E-state index in [1.807, 2.05) is 0 Å². The van der Waals surface area contributed by atoms with Crippen LogP contribution in [0.15, 0.2) is 18.2 Å². The molecule has 0 saturated carbocycles. The molecule has 0 saturated heterocycles. The van der Waals surface area contributed by atoms with E-state index in [2.05, 4.69) is 5.32 Å². The van der Waals surface area contributed by atoms with Crippen molar-refractivity contribution in [3.05, 3.63) is 23.2 Å². The Hall–Kier alpha value is -1.42. The van der Waals surface area contributed by atoms with E-state index in [0.29, 0.717) is 17.4 Å². The van der Waals surface area contributed by atoms with Gasteiger partial charge < -0.3 is 14.8 Å². The van der Waals surface area contributed by atoms with Crippen LogP contribution in [0.4, 0.5) is 5.69 Å². The van der Waals surface area contributed by atoms with Crippen molar-refractivity contribution >= 4 is 23.3 Å². The van der Waals surface area contributed by atoms with Crippen LogP contribution in [-0.2, 0) is 9.53 Å². The third kappa shape index (κ3) is 3.62. The zero-order valence-electron chi connectivity index (χ0n) is 9.25. The van der Waals surface area contributed by atoms with Crippen molar-refractivity contribution in [2.45, 2.75) is 6.92 Å². The summed E-state index contributed by atoms with van der Waals surface area (Å²) < 4.78 is 9.84. The summed E-state index contributed by atoms with van der Waals surface area (Å²) in [5.41, 5.74) is 0.759. The molecule has 0 unspecified atom stereocenters. The number of halogens is 1. The van der Waals surface area contributed by atoms with Crippen molar-refractivity contribution in [1.82, 2.24) is 0 Å². The Morgan fingerprint density at radius 2 is 2.25 bits per heavy atom. The maximum atomic E-state index is 11.1. The number of ether oxygens (including phenoxy) is 2. The minimum absolute atomic E-state index is 0.124. The largest absolute Gasteiger partial charge is 0.495 e. The van der Waals surface area contributed by atoms with Gasteiger partial charge in [-0.25, -0.2) is 0 Å². The fourth-order valence-electron chi connectivity index (χ4n) is 1.16. The van der Waals surface area contributed by atoms with Crippen LogP contribution in [0.2, 0.25) is 5.02 Å². The summed E-state index contributed by atoms with van der Waals surface area (Å²) in [6.07, 6.45) is 0. The van der Waals surface area contributed by atoms with Gasteiger partial charge in [0.25, 0.3) is 0 Å². The first kappa shape index (κ1) is 12.6. The van der Waals surface area contributed by atoms with Crippen molar-refractivity contribution < 1.29 is 14.3 Å². The molecule has 0 atom stereocenters. The molecular formula is C11H14ClNO3. The lowest BCUT2D eigenvalue weighted by atomic mass is 10.3. The highest BCUT2D eigenvalue weighted by Crippen LogP contribution is 2.27. The molecular weight excluding hydrogens is 230 g/mol. The molecule has 1 aromatic rings. The molecule has 4 nitrogen and oxygen atoms in total. The molecule has 0 aromatic heterocycles. The number of hydrogen-bond acceptors (Lipinski definition) is 4. The summed E-state index contributed by atoms with van der Waals surface area (Å²) in [7, 11) is 1.54. The normalized spacial score (nSPS) is 9.69. The predicted molar refractivity (Wildman–Crippen MR) is 63.1 cm³/mol. The number of carbonyl (C=O) groups excluding carboxylic acids is 1. The zero-order chi connectivity index (χ0) is 12.0. The summed E-state index contributed by atoms with van der Waals surface area (Å²) in [4.78, 5) is 11.1. The minimum Gasteiger partial charge on any atom is -0.495 e. The summed E-state index contributed by atoms with van der Waals surface area (Å²) >= 11 is 5.86. The molecule has 16 heavy (non-hydrogen) atoms. The molecule has 0 aliphatic rings. The first-order chi connectivity index (χ1) is 7.67. The van der Waals surface area contributed by atoms with E-state index in [-0.39, 0.29) is 12.5 Å². The molecule has 88 valence electrons. The zero-order valence-corrected chi connectivity index (χ0v) is 10.0. The third-order valence-electron chi connectivity index (χ3n) is 1.89. The summed E-state index contributed by atoms with van der Waals surface area (Å²) in [5.74, 6) is 0.270. The number of hydrogen-bond donors (Lipinski definition) is 1. The Labute approximate surface area is 99.5 Å². The number of anilines is 1. The van der Waals surface area contributed by atoms with Gasteiger partial charge in [0.1, 0.15) is 12.3 Å². The van der Waals surface area contributed by atoms with Crippen LogP contribution in [0, 0.1) is 0 Å². The Kier molecular flexibility index (Phi) is 4.92. The van der Waals surface area contributed by atoms with E-state index in [1.165, 1.54) is 7.11 Å². The molecule has 0 aliphatic carbocycles. The van der Waals surface area contributed by atoms with Gasteiger partial charge in [0.2, 0.25) is 0 Å². The second-order valence-electron chi connectivity index (χ2n) is 3.01. The molecule has 0 spiro atoms. The molecule has 0 radical (unpaired) electrons. The van der Waals surface area contributed by atoms with Gasteiger partial charge in [-0.15, -0.1) is 0 Å². The van der Waals surface area contributed by atoms with Gasteiger partial charge in [-0.3, -0.25) is 4.79 Å². The molecule has 0 aliphatic heterocycles. The standard InChI is InChI=1S/C11H14ClNO3/c1-3-16-11(14)7-13-8-4-5-9(12)10(6-8)15-2/h4-6,13H,3,7H2,1-2H3. The molecule has 0 fully saturated rings.